The monoisotopic (exact) mass is 409 g/mol. The molecule has 29 heavy (non-hydrogen) atoms. The standard InChI is InChI=1S/C19H27N3O7/c1-5-28-19(26)22-8-6-13(7-9-22)21-14(23)10-29-18(25)16-11(2)15(12(3)20-16)17(24)27-4/h13,20H,5-10H2,1-4H3,(H,21,23). The third-order valence-corrected chi connectivity index (χ3v) is 4.75. The second kappa shape index (κ2) is 9.94. The summed E-state index contributed by atoms with van der Waals surface area (Å²) in [6, 6.07) is -0.104. The van der Waals surface area contributed by atoms with Gasteiger partial charge < -0.3 is 29.4 Å². The Morgan fingerprint density at radius 2 is 1.76 bits per heavy atom. The Balaban J connectivity index is 1.82. The van der Waals surface area contributed by atoms with E-state index in [1.54, 1.807) is 25.7 Å². The van der Waals surface area contributed by atoms with Crippen LogP contribution in [0.4, 0.5) is 4.79 Å². The number of hydrogen-bond donors (Lipinski definition) is 2. The molecule has 10 heteroatoms. The molecule has 2 amide bonds. The zero-order valence-electron chi connectivity index (χ0n) is 17.1. The molecule has 1 aliphatic rings. The van der Waals surface area contributed by atoms with E-state index < -0.39 is 24.5 Å². The Hall–Kier alpha value is -3.04. The third-order valence-electron chi connectivity index (χ3n) is 4.75. The van der Waals surface area contributed by atoms with Gasteiger partial charge in [-0.15, -0.1) is 0 Å². The van der Waals surface area contributed by atoms with Crippen LogP contribution in [0.5, 0.6) is 0 Å². The summed E-state index contributed by atoms with van der Waals surface area (Å²) in [5.74, 6) is -1.71. The number of nitrogens with one attached hydrogen (secondary N) is 2. The highest BCUT2D eigenvalue weighted by Gasteiger charge is 2.26. The summed E-state index contributed by atoms with van der Waals surface area (Å²) in [6.07, 6.45) is 0.834. The molecule has 2 heterocycles. The fourth-order valence-electron chi connectivity index (χ4n) is 3.26. The first-order chi connectivity index (χ1) is 13.8. The minimum atomic E-state index is -0.729. The maximum Gasteiger partial charge on any atom is 0.409 e. The lowest BCUT2D eigenvalue weighted by Crippen LogP contribution is -2.47. The number of amides is 2. The molecule has 1 aliphatic heterocycles. The number of nitrogens with zero attached hydrogens (tertiary/aromatic N) is 1. The highest BCUT2D eigenvalue weighted by molar-refractivity contribution is 5.99. The van der Waals surface area contributed by atoms with E-state index in [2.05, 4.69) is 10.3 Å². The van der Waals surface area contributed by atoms with Gasteiger partial charge in [0.05, 0.1) is 19.3 Å². The molecular weight excluding hydrogens is 382 g/mol. The van der Waals surface area contributed by atoms with Crippen LogP contribution >= 0.6 is 0 Å². The van der Waals surface area contributed by atoms with Gasteiger partial charge in [0.1, 0.15) is 5.69 Å². The lowest BCUT2D eigenvalue weighted by atomic mass is 10.1. The first-order valence-electron chi connectivity index (χ1n) is 9.44. The molecule has 0 bridgehead atoms. The van der Waals surface area contributed by atoms with E-state index in [9.17, 15) is 19.2 Å². The second-order valence-corrected chi connectivity index (χ2v) is 6.72. The number of esters is 2. The summed E-state index contributed by atoms with van der Waals surface area (Å²) in [5, 5.41) is 2.80. The Morgan fingerprint density at radius 3 is 2.34 bits per heavy atom. The van der Waals surface area contributed by atoms with Crippen molar-refractivity contribution in [3.05, 3.63) is 22.5 Å². The molecule has 1 aromatic heterocycles. The normalized spacial score (nSPS) is 14.3. The van der Waals surface area contributed by atoms with E-state index >= 15 is 0 Å². The minimum absolute atomic E-state index is 0.104. The molecule has 1 saturated heterocycles. The number of aromatic nitrogens is 1. The first kappa shape index (κ1) is 22.3. The van der Waals surface area contributed by atoms with Crippen molar-refractivity contribution < 1.29 is 33.4 Å². The van der Waals surface area contributed by atoms with Crippen molar-refractivity contribution >= 4 is 23.9 Å². The molecule has 0 atom stereocenters. The number of methoxy groups -OCH3 is 1. The van der Waals surface area contributed by atoms with Crippen LogP contribution in [-0.2, 0) is 19.0 Å². The number of H-pyrrole nitrogens is 1. The summed E-state index contributed by atoms with van der Waals surface area (Å²) in [7, 11) is 1.26. The number of carbonyl (C=O) groups excluding carboxylic acids is 4. The van der Waals surface area contributed by atoms with Gasteiger partial charge in [-0.25, -0.2) is 14.4 Å². The zero-order chi connectivity index (χ0) is 21.6. The van der Waals surface area contributed by atoms with E-state index in [4.69, 9.17) is 14.2 Å². The zero-order valence-corrected chi connectivity index (χ0v) is 17.1. The Kier molecular flexibility index (Phi) is 7.63. The van der Waals surface area contributed by atoms with Crippen molar-refractivity contribution in [3.8, 4) is 0 Å². The number of carbonyl (C=O) groups is 4. The van der Waals surface area contributed by atoms with Gasteiger partial charge in [0.2, 0.25) is 0 Å². The Labute approximate surface area is 168 Å². The first-order valence-corrected chi connectivity index (χ1v) is 9.44. The minimum Gasteiger partial charge on any atom is -0.465 e. The molecule has 0 spiro atoms. The topological polar surface area (TPSA) is 127 Å². The molecule has 160 valence electrons. The van der Waals surface area contributed by atoms with Gasteiger partial charge in [-0.3, -0.25) is 4.79 Å². The molecule has 10 nitrogen and oxygen atoms in total. The number of ether oxygens (including phenoxy) is 3. The van der Waals surface area contributed by atoms with E-state index in [1.165, 1.54) is 7.11 Å². The quantitative estimate of drug-likeness (QED) is 0.536. The number of piperidine rings is 1. The summed E-state index contributed by atoms with van der Waals surface area (Å²) in [6.45, 7) is 5.85. The van der Waals surface area contributed by atoms with Crippen molar-refractivity contribution in [1.29, 1.82) is 0 Å². The number of hydrogen-bond acceptors (Lipinski definition) is 7. The van der Waals surface area contributed by atoms with Crippen molar-refractivity contribution in [3.63, 3.8) is 0 Å². The molecule has 0 aromatic carbocycles. The molecule has 0 saturated carbocycles. The Bertz CT molecular complexity index is 779. The fourth-order valence-corrected chi connectivity index (χ4v) is 3.26. The molecule has 2 N–H and O–H groups in total. The van der Waals surface area contributed by atoms with E-state index in [0.29, 0.717) is 43.8 Å². The fraction of sp³-hybridized carbons (Fsp3) is 0.579. The number of likely N-dealkylation sites (tertiary alicyclic amines) is 1. The maximum absolute atomic E-state index is 12.3. The van der Waals surface area contributed by atoms with Crippen molar-refractivity contribution in [2.24, 2.45) is 0 Å². The van der Waals surface area contributed by atoms with Crippen LogP contribution in [0.1, 0.15) is 51.9 Å². The highest BCUT2D eigenvalue weighted by atomic mass is 16.6. The summed E-state index contributed by atoms with van der Waals surface area (Å²) >= 11 is 0. The van der Waals surface area contributed by atoms with Crippen LogP contribution in [0.25, 0.3) is 0 Å². The van der Waals surface area contributed by atoms with E-state index in [-0.39, 0.29) is 23.4 Å². The smallest absolute Gasteiger partial charge is 0.409 e. The third kappa shape index (κ3) is 5.49. The molecule has 1 aromatic rings. The average Bonchev–Trinajstić information content (AvgIpc) is 3.00. The molecule has 1 fully saturated rings. The van der Waals surface area contributed by atoms with Crippen LogP contribution in [0.2, 0.25) is 0 Å². The van der Waals surface area contributed by atoms with Crippen molar-refractivity contribution in [2.75, 3.05) is 33.4 Å². The predicted octanol–water partition coefficient (Wildman–Crippen LogP) is 1.31. The van der Waals surface area contributed by atoms with Crippen LogP contribution in [-0.4, -0.2) is 73.3 Å². The molecule has 0 unspecified atom stereocenters. The summed E-state index contributed by atoms with van der Waals surface area (Å²) in [4.78, 5) is 52.2. The van der Waals surface area contributed by atoms with Crippen LogP contribution in [0, 0.1) is 13.8 Å². The summed E-state index contributed by atoms with van der Waals surface area (Å²) < 4.78 is 14.7. The van der Waals surface area contributed by atoms with Gasteiger partial charge in [0.25, 0.3) is 5.91 Å². The lowest BCUT2D eigenvalue weighted by Gasteiger charge is -2.31. The molecule has 2 rings (SSSR count). The Morgan fingerprint density at radius 1 is 1.10 bits per heavy atom. The van der Waals surface area contributed by atoms with Gasteiger partial charge in [0.15, 0.2) is 6.61 Å². The number of aryl methyl sites for hydroxylation is 1. The van der Waals surface area contributed by atoms with Crippen LogP contribution < -0.4 is 5.32 Å². The van der Waals surface area contributed by atoms with Crippen molar-refractivity contribution in [2.45, 2.75) is 39.7 Å². The van der Waals surface area contributed by atoms with E-state index in [1.807, 2.05) is 0 Å². The van der Waals surface area contributed by atoms with E-state index in [0.717, 1.165) is 0 Å². The van der Waals surface area contributed by atoms with Crippen molar-refractivity contribution in [1.82, 2.24) is 15.2 Å². The number of rotatable bonds is 6. The van der Waals surface area contributed by atoms with Gasteiger partial charge in [-0.2, -0.15) is 0 Å². The largest absolute Gasteiger partial charge is 0.465 e. The average molecular weight is 409 g/mol. The van der Waals surface area contributed by atoms with Gasteiger partial charge in [-0.1, -0.05) is 0 Å². The van der Waals surface area contributed by atoms with Crippen LogP contribution in [0.3, 0.4) is 0 Å². The molecule has 0 radical (unpaired) electrons. The van der Waals surface area contributed by atoms with Gasteiger partial charge in [0, 0.05) is 24.8 Å². The van der Waals surface area contributed by atoms with Crippen LogP contribution in [0.15, 0.2) is 0 Å². The maximum atomic E-state index is 12.3. The van der Waals surface area contributed by atoms with Gasteiger partial charge >= 0.3 is 18.0 Å². The highest BCUT2D eigenvalue weighted by Crippen LogP contribution is 2.19. The molecular formula is C19H27N3O7. The van der Waals surface area contributed by atoms with Gasteiger partial charge in [-0.05, 0) is 39.2 Å². The number of aromatic amines is 1. The molecule has 0 aliphatic carbocycles. The second-order valence-electron chi connectivity index (χ2n) is 6.72. The predicted molar refractivity (Wildman–Crippen MR) is 102 cm³/mol. The SMILES string of the molecule is CCOC(=O)N1CCC(NC(=O)COC(=O)c2[nH]c(C)c(C(=O)OC)c2C)CC1. The lowest BCUT2D eigenvalue weighted by molar-refractivity contribution is -0.125. The summed E-state index contributed by atoms with van der Waals surface area (Å²) in [5.41, 5.74) is 1.28.